The van der Waals surface area contributed by atoms with Crippen molar-refractivity contribution in [2.24, 2.45) is 7.05 Å². The second-order valence-electron chi connectivity index (χ2n) is 5.38. The number of carbonyl (C=O) groups excluding carboxylic acids is 1. The predicted molar refractivity (Wildman–Crippen MR) is 81.9 cm³/mol. The van der Waals surface area contributed by atoms with Crippen LogP contribution in [0.5, 0.6) is 0 Å². The summed E-state index contributed by atoms with van der Waals surface area (Å²) in [6, 6.07) is 11.9. The first kappa shape index (κ1) is 12.8. The van der Waals surface area contributed by atoms with Gasteiger partial charge in [-0.05, 0) is 18.2 Å². The molecule has 1 atom stereocenters. The van der Waals surface area contributed by atoms with Crippen molar-refractivity contribution in [1.82, 2.24) is 19.6 Å². The van der Waals surface area contributed by atoms with Crippen molar-refractivity contribution in [2.75, 3.05) is 5.32 Å². The molecule has 0 saturated carbocycles. The molecular weight excluding hydrogens is 278 g/mol. The zero-order valence-electron chi connectivity index (χ0n) is 12.1. The SMILES string of the molecule is Cn1ncc2c1NC(=O)CC2c1ccnn1-c1ccccc1. The normalized spacial score (nSPS) is 17.1. The summed E-state index contributed by atoms with van der Waals surface area (Å²) in [5.41, 5.74) is 3.01. The number of hydrogen-bond donors (Lipinski definition) is 1. The lowest BCUT2D eigenvalue weighted by Crippen LogP contribution is -2.25. The van der Waals surface area contributed by atoms with E-state index in [-0.39, 0.29) is 11.8 Å². The van der Waals surface area contributed by atoms with Crippen molar-refractivity contribution in [1.29, 1.82) is 0 Å². The molecule has 4 rings (SSSR count). The number of fused-ring (bicyclic) bond motifs is 1. The van der Waals surface area contributed by atoms with Crippen molar-refractivity contribution in [3.8, 4) is 5.69 Å². The Morgan fingerprint density at radius 3 is 2.82 bits per heavy atom. The number of aromatic nitrogens is 4. The fraction of sp³-hybridized carbons (Fsp3) is 0.188. The lowest BCUT2D eigenvalue weighted by atomic mass is 9.91. The van der Waals surface area contributed by atoms with E-state index in [0.717, 1.165) is 22.8 Å². The number of amides is 1. The third-order valence-electron chi connectivity index (χ3n) is 4.02. The van der Waals surface area contributed by atoms with Gasteiger partial charge in [0.25, 0.3) is 0 Å². The summed E-state index contributed by atoms with van der Waals surface area (Å²) in [7, 11) is 1.83. The molecule has 1 amide bonds. The van der Waals surface area contributed by atoms with Gasteiger partial charge in [-0.25, -0.2) is 4.68 Å². The zero-order chi connectivity index (χ0) is 15.1. The van der Waals surface area contributed by atoms with E-state index in [9.17, 15) is 4.79 Å². The van der Waals surface area contributed by atoms with E-state index in [2.05, 4.69) is 15.5 Å². The minimum Gasteiger partial charge on any atom is -0.311 e. The zero-order valence-corrected chi connectivity index (χ0v) is 12.1. The van der Waals surface area contributed by atoms with Gasteiger partial charge in [0, 0.05) is 31.1 Å². The van der Waals surface area contributed by atoms with Gasteiger partial charge in [-0.1, -0.05) is 18.2 Å². The summed E-state index contributed by atoms with van der Waals surface area (Å²) in [5, 5.41) is 11.6. The summed E-state index contributed by atoms with van der Waals surface area (Å²) in [5.74, 6) is 0.726. The molecule has 0 bridgehead atoms. The minimum absolute atomic E-state index is 0.00177. The summed E-state index contributed by atoms with van der Waals surface area (Å²) in [6.07, 6.45) is 3.99. The third kappa shape index (κ3) is 1.92. The molecule has 0 fully saturated rings. The van der Waals surface area contributed by atoms with Crippen molar-refractivity contribution in [3.63, 3.8) is 0 Å². The standard InChI is InChI=1S/C16H15N5O/c1-20-16-13(10-18-20)12(9-15(22)19-16)14-7-8-17-21(14)11-5-3-2-4-6-11/h2-8,10,12H,9H2,1H3,(H,19,22). The van der Waals surface area contributed by atoms with E-state index in [0.29, 0.717) is 6.42 Å². The highest BCUT2D eigenvalue weighted by Gasteiger charge is 2.31. The number of nitrogens with zero attached hydrogens (tertiary/aromatic N) is 4. The summed E-state index contributed by atoms with van der Waals surface area (Å²) >= 11 is 0. The molecule has 0 radical (unpaired) electrons. The van der Waals surface area contributed by atoms with Gasteiger partial charge in [0.15, 0.2) is 0 Å². The predicted octanol–water partition coefficient (Wildman–Crippen LogP) is 2.08. The smallest absolute Gasteiger partial charge is 0.226 e. The van der Waals surface area contributed by atoms with E-state index >= 15 is 0 Å². The highest BCUT2D eigenvalue weighted by molar-refractivity contribution is 5.94. The van der Waals surface area contributed by atoms with Crippen molar-refractivity contribution < 1.29 is 4.79 Å². The monoisotopic (exact) mass is 293 g/mol. The van der Waals surface area contributed by atoms with Crippen LogP contribution in [0.25, 0.3) is 5.69 Å². The van der Waals surface area contributed by atoms with Crippen LogP contribution < -0.4 is 5.32 Å². The molecule has 1 unspecified atom stereocenters. The van der Waals surface area contributed by atoms with Gasteiger partial charge in [-0.2, -0.15) is 10.2 Å². The van der Waals surface area contributed by atoms with E-state index in [1.165, 1.54) is 0 Å². The summed E-state index contributed by atoms with van der Waals surface area (Å²) in [4.78, 5) is 12.0. The maximum absolute atomic E-state index is 12.0. The summed E-state index contributed by atoms with van der Waals surface area (Å²) in [6.45, 7) is 0. The highest BCUT2D eigenvalue weighted by atomic mass is 16.1. The van der Waals surface area contributed by atoms with Gasteiger partial charge in [0.05, 0.1) is 17.6 Å². The number of carbonyl (C=O) groups is 1. The number of para-hydroxylation sites is 1. The Morgan fingerprint density at radius 2 is 2.00 bits per heavy atom. The van der Waals surface area contributed by atoms with Crippen LogP contribution in [0.2, 0.25) is 0 Å². The van der Waals surface area contributed by atoms with Crippen molar-refractivity contribution >= 4 is 11.7 Å². The Kier molecular flexibility index (Phi) is 2.82. The molecule has 0 saturated heterocycles. The largest absolute Gasteiger partial charge is 0.311 e. The molecule has 1 aliphatic rings. The molecule has 3 aromatic rings. The van der Waals surface area contributed by atoms with E-state index < -0.39 is 0 Å². The fourth-order valence-electron chi connectivity index (χ4n) is 2.97. The number of anilines is 1. The minimum atomic E-state index is -0.0415. The number of benzene rings is 1. The van der Waals surface area contributed by atoms with Crippen LogP contribution >= 0.6 is 0 Å². The Balaban J connectivity index is 1.84. The second kappa shape index (κ2) is 4.84. The lowest BCUT2D eigenvalue weighted by molar-refractivity contribution is -0.116. The fourth-order valence-corrected chi connectivity index (χ4v) is 2.97. The van der Waals surface area contributed by atoms with E-state index in [4.69, 9.17) is 0 Å². The number of hydrogen-bond acceptors (Lipinski definition) is 3. The number of rotatable bonds is 2. The Morgan fingerprint density at radius 1 is 1.18 bits per heavy atom. The Bertz CT molecular complexity index is 833. The van der Waals surface area contributed by atoms with Crippen LogP contribution in [0, 0.1) is 0 Å². The molecule has 6 heteroatoms. The molecule has 0 aliphatic carbocycles. The molecule has 6 nitrogen and oxygen atoms in total. The van der Waals surface area contributed by atoms with Crippen LogP contribution in [-0.4, -0.2) is 25.5 Å². The van der Waals surface area contributed by atoms with E-state index in [1.807, 2.05) is 54.3 Å². The van der Waals surface area contributed by atoms with Gasteiger partial charge in [-0.15, -0.1) is 0 Å². The topological polar surface area (TPSA) is 64.7 Å². The maximum Gasteiger partial charge on any atom is 0.226 e. The van der Waals surface area contributed by atoms with Gasteiger partial charge >= 0.3 is 0 Å². The quantitative estimate of drug-likeness (QED) is 0.786. The van der Waals surface area contributed by atoms with Crippen LogP contribution in [0.1, 0.15) is 23.6 Å². The second-order valence-corrected chi connectivity index (χ2v) is 5.38. The van der Waals surface area contributed by atoms with Gasteiger partial charge in [-0.3, -0.25) is 9.48 Å². The number of aryl methyl sites for hydroxylation is 1. The third-order valence-corrected chi connectivity index (χ3v) is 4.02. The average molecular weight is 293 g/mol. The molecule has 110 valence electrons. The molecular formula is C16H15N5O. The molecule has 0 spiro atoms. The van der Waals surface area contributed by atoms with Crippen molar-refractivity contribution in [3.05, 3.63) is 60.0 Å². The lowest BCUT2D eigenvalue weighted by Gasteiger charge is -2.23. The molecule has 2 aromatic heterocycles. The molecule has 3 heterocycles. The first-order valence-electron chi connectivity index (χ1n) is 7.15. The van der Waals surface area contributed by atoms with Crippen LogP contribution in [0.3, 0.4) is 0 Å². The van der Waals surface area contributed by atoms with Gasteiger partial charge in [0.1, 0.15) is 5.82 Å². The molecule has 22 heavy (non-hydrogen) atoms. The van der Waals surface area contributed by atoms with Crippen LogP contribution in [0.4, 0.5) is 5.82 Å². The van der Waals surface area contributed by atoms with Crippen LogP contribution in [0.15, 0.2) is 48.8 Å². The highest BCUT2D eigenvalue weighted by Crippen LogP contribution is 2.37. The van der Waals surface area contributed by atoms with Crippen molar-refractivity contribution in [2.45, 2.75) is 12.3 Å². The van der Waals surface area contributed by atoms with Crippen LogP contribution in [-0.2, 0) is 11.8 Å². The Labute approximate surface area is 127 Å². The molecule has 1 aromatic carbocycles. The Hall–Kier alpha value is -2.89. The summed E-state index contributed by atoms with van der Waals surface area (Å²) < 4.78 is 3.59. The van der Waals surface area contributed by atoms with Gasteiger partial charge in [0.2, 0.25) is 5.91 Å². The molecule has 1 aliphatic heterocycles. The maximum atomic E-state index is 12.0. The first-order chi connectivity index (χ1) is 10.7. The molecule has 1 N–H and O–H groups in total. The number of nitrogens with one attached hydrogen (secondary N) is 1. The first-order valence-corrected chi connectivity index (χ1v) is 7.15. The van der Waals surface area contributed by atoms with E-state index in [1.54, 1.807) is 10.9 Å². The van der Waals surface area contributed by atoms with Gasteiger partial charge < -0.3 is 5.32 Å². The average Bonchev–Trinajstić information content (AvgIpc) is 3.15.